The molecule has 2 N–H and O–H groups in total. The molecule has 0 unspecified atom stereocenters. The molecule has 3 aromatic carbocycles. The Bertz CT molecular complexity index is 1890. The summed E-state index contributed by atoms with van der Waals surface area (Å²) in [5, 5.41) is 11.7. The zero-order chi connectivity index (χ0) is 34.3. The van der Waals surface area contributed by atoms with Crippen molar-refractivity contribution in [3.05, 3.63) is 124 Å². The first-order valence-electron chi connectivity index (χ1n) is 14.9. The fraction of sp³-hybridized carbons (Fsp3) is 0.257. The van der Waals surface area contributed by atoms with E-state index in [1.807, 2.05) is 66.7 Å². The van der Waals surface area contributed by atoms with Gasteiger partial charge in [-0.05, 0) is 41.0 Å². The van der Waals surface area contributed by atoms with E-state index in [1.54, 1.807) is 45.0 Å². The van der Waals surface area contributed by atoms with E-state index < -0.39 is 16.5 Å². The zero-order valence-corrected chi connectivity index (χ0v) is 28.4. The lowest BCUT2D eigenvalue weighted by Gasteiger charge is -2.36. The maximum atomic E-state index is 12.8. The second kappa shape index (κ2) is 15.1. The van der Waals surface area contributed by atoms with Crippen molar-refractivity contribution < 1.29 is 24.1 Å². The molecule has 0 bridgehead atoms. The molecule has 0 amide bonds. The number of hydrogen-bond acceptors (Lipinski definition) is 10. The highest BCUT2D eigenvalue weighted by Crippen LogP contribution is 2.50. The van der Waals surface area contributed by atoms with Gasteiger partial charge in [0.25, 0.3) is 5.56 Å². The summed E-state index contributed by atoms with van der Waals surface area (Å²) in [6.45, 7) is 0. The molecule has 2 heterocycles. The van der Waals surface area contributed by atoms with Gasteiger partial charge in [-0.25, -0.2) is 9.98 Å². The number of nitrogens with zero attached hydrogens (tertiary/aromatic N) is 5. The van der Waals surface area contributed by atoms with Crippen LogP contribution in [0.1, 0.15) is 22.9 Å². The van der Waals surface area contributed by atoms with Gasteiger partial charge in [0, 0.05) is 21.2 Å². The summed E-state index contributed by atoms with van der Waals surface area (Å²) in [6.07, 6.45) is 1.79. The molecule has 0 saturated heterocycles. The van der Waals surface area contributed by atoms with Crippen LogP contribution in [0.2, 0.25) is 0 Å². The number of benzene rings is 3. The predicted octanol–water partition coefficient (Wildman–Crippen LogP) is 5.64. The van der Waals surface area contributed by atoms with Crippen molar-refractivity contribution >= 4 is 35.2 Å². The highest BCUT2D eigenvalue weighted by molar-refractivity contribution is 8.00. The molecule has 48 heavy (non-hydrogen) atoms. The number of aliphatic imine (C=N–C) groups is 1. The molecule has 0 aliphatic carbocycles. The normalized spacial score (nSPS) is 13.0. The number of hydrogen-bond donors (Lipinski definition) is 2. The van der Waals surface area contributed by atoms with Crippen molar-refractivity contribution in [3.8, 4) is 11.5 Å². The number of aliphatic hydroxyl groups excluding tert-OH is 1. The number of aliphatic hydroxyl groups is 1. The van der Waals surface area contributed by atoms with Crippen LogP contribution in [-0.2, 0) is 14.2 Å². The quantitative estimate of drug-likeness (QED) is 0.0661. The van der Waals surface area contributed by atoms with Crippen LogP contribution < -0.4 is 15.0 Å². The Balaban J connectivity index is 1.62. The number of ether oxygens (including phenoxy) is 4. The molecule has 2 aromatic heterocycles. The molecular weight excluding hydrogens is 632 g/mol. The van der Waals surface area contributed by atoms with Crippen LogP contribution in [0.5, 0.6) is 11.5 Å². The molecular formula is C35H38N6O6S. The molecule has 0 fully saturated rings. The van der Waals surface area contributed by atoms with Gasteiger partial charge in [0.15, 0.2) is 23.2 Å². The number of rotatable bonds is 14. The Kier molecular flexibility index (Phi) is 10.7. The highest BCUT2D eigenvalue weighted by atomic mass is 32.2. The fourth-order valence-corrected chi connectivity index (χ4v) is 6.82. The number of nitrogens with one attached hydrogen (secondary N) is 1. The van der Waals surface area contributed by atoms with E-state index in [0.717, 1.165) is 28.2 Å². The van der Waals surface area contributed by atoms with Crippen LogP contribution in [0.3, 0.4) is 0 Å². The van der Waals surface area contributed by atoms with Gasteiger partial charge in [-0.15, -0.1) is 11.8 Å². The lowest BCUT2D eigenvalue weighted by atomic mass is 9.84. The molecule has 5 aromatic rings. The summed E-state index contributed by atoms with van der Waals surface area (Å²) >= 11 is 1.56. The molecule has 0 aliphatic rings. The predicted molar refractivity (Wildman–Crippen MR) is 187 cm³/mol. The summed E-state index contributed by atoms with van der Waals surface area (Å²) in [6, 6.07) is 26.0. The zero-order valence-electron chi connectivity index (χ0n) is 27.6. The van der Waals surface area contributed by atoms with Gasteiger partial charge in [0.1, 0.15) is 17.3 Å². The van der Waals surface area contributed by atoms with Gasteiger partial charge in [-0.3, -0.25) is 14.3 Å². The van der Waals surface area contributed by atoms with E-state index >= 15 is 0 Å². The SMILES string of the molecule is CO/C(CSC(c1ccccc1)(c1ccc(OC)cc1)c1ccc(OC)cc1)=C(\O)[C@H](OC)n1cnc2c(=O)[nH]c(/N=C/N(C)C)nc21. The smallest absolute Gasteiger partial charge is 0.280 e. The summed E-state index contributed by atoms with van der Waals surface area (Å²) < 4.78 is 23.2. The summed E-state index contributed by atoms with van der Waals surface area (Å²) in [5.41, 5.74) is 2.76. The fourth-order valence-electron chi connectivity index (χ4n) is 5.30. The van der Waals surface area contributed by atoms with Crippen molar-refractivity contribution in [3.63, 3.8) is 0 Å². The first-order chi connectivity index (χ1) is 23.2. The average molecular weight is 671 g/mol. The first kappa shape index (κ1) is 34.1. The van der Waals surface area contributed by atoms with Crippen LogP contribution in [0.4, 0.5) is 5.95 Å². The molecule has 0 spiro atoms. The third-order valence-corrected chi connectivity index (χ3v) is 9.21. The molecule has 5 rings (SSSR count). The minimum absolute atomic E-state index is 0.0732. The number of methoxy groups -OCH3 is 4. The largest absolute Gasteiger partial charge is 0.505 e. The van der Waals surface area contributed by atoms with Gasteiger partial charge in [0.05, 0.1) is 44.5 Å². The van der Waals surface area contributed by atoms with Gasteiger partial charge in [-0.1, -0.05) is 54.6 Å². The Labute approximate surface area is 282 Å². The number of aromatic amines is 1. The van der Waals surface area contributed by atoms with Gasteiger partial charge < -0.3 is 29.0 Å². The Morgan fingerprint density at radius 3 is 2.06 bits per heavy atom. The molecule has 0 aliphatic heterocycles. The van der Waals surface area contributed by atoms with E-state index in [0.29, 0.717) is 0 Å². The van der Waals surface area contributed by atoms with Crippen molar-refractivity contribution in [1.82, 2.24) is 24.4 Å². The minimum Gasteiger partial charge on any atom is -0.505 e. The number of thioether (sulfide) groups is 1. The monoisotopic (exact) mass is 670 g/mol. The summed E-state index contributed by atoms with van der Waals surface area (Å²) in [4.78, 5) is 30.1. The van der Waals surface area contributed by atoms with Gasteiger partial charge >= 0.3 is 0 Å². The maximum Gasteiger partial charge on any atom is 0.280 e. The third-order valence-electron chi connectivity index (χ3n) is 7.67. The molecule has 1 atom stereocenters. The number of fused-ring (bicyclic) bond motifs is 1. The standard InChI is InChI=1S/C35H38N6O6S/c1-40(2)21-37-34-38-31-29(32(43)39-34)36-22-41(31)33(47-6)30(42)28(46-5)20-48-35(23-10-8-7-9-11-23,24-12-16-26(44-3)17-13-24)25-14-18-27(45-4)19-15-25/h7-19,21-22,33,42H,20H2,1-6H3,(H,38,39,43)/b30-28-,37-21+/t33-/m0/s1. The molecule has 13 heteroatoms. The van der Waals surface area contributed by atoms with Crippen molar-refractivity contribution in [2.45, 2.75) is 11.0 Å². The van der Waals surface area contributed by atoms with Crippen molar-refractivity contribution in [1.29, 1.82) is 0 Å². The second-order valence-electron chi connectivity index (χ2n) is 10.8. The minimum atomic E-state index is -1.11. The summed E-state index contributed by atoms with van der Waals surface area (Å²) in [7, 11) is 9.80. The van der Waals surface area contributed by atoms with E-state index in [9.17, 15) is 9.90 Å². The second-order valence-corrected chi connectivity index (χ2v) is 12.0. The van der Waals surface area contributed by atoms with Crippen LogP contribution >= 0.6 is 11.8 Å². The highest BCUT2D eigenvalue weighted by Gasteiger charge is 2.38. The lowest BCUT2D eigenvalue weighted by Crippen LogP contribution is -2.27. The topological polar surface area (TPSA) is 136 Å². The van der Waals surface area contributed by atoms with Gasteiger partial charge in [0.2, 0.25) is 5.95 Å². The van der Waals surface area contributed by atoms with Crippen LogP contribution in [0.25, 0.3) is 11.2 Å². The van der Waals surface area contributed by atoms with Crippen molar-refractivity contribution in [2.24, 2.45) is 4.99 Å². The molecule has 250 valence electrons. The number of aromatic nitrogens is 4. The number of imidazole rings is 1. The van der Waals surface area contributed by atoms with Crippen molar-refractivity contribution in [2.75, 3.05) is 48.3 Å². The number of H-pyrrole nitrogens is 1. The van der Waals surface area contributed by atoms with Gasteiger partial charge in [-0.2, -0.15) is 4.98 Å². The molecule has 0 saturated carbocycles. The van der Waals surface area contributed by atoms with E-state index in [1.165, 1.54) is 31.5 Å². The Morgan fingerprint density at radius 2 is 1.54 bits per heavy atom. The van der Waals surface area contributed by atoms with E-state index in [-0.39, 0.29) is 34.4 Å². The average Bonchev–Trinajstić information content (AvgIpc) is 3.54. The summed E-state index contributed by atoms with van der Waals surface area (Å²) in [5.74, 6) is 1.80. The van der Waals surface area contributed by atoms with Crippen LogP contribution in [0, 0.1) is 0 Å². The Hall–Kier alpha value is -5.27. The van der Waals surface area contributed by atoms with Crippen LogP contribution in [0.15, 0.2) is 106 Å². The first-order valence-corrected chi connectivity index (χ1v) is 15.9. The van der Waals surface area contributed by atoms with Crippen LogP contribution in [-0.4, -0.2) is 84.2 Å². The molecule has 0 radical (unpaired) electrons. The third kappa shape index (κ3) is 6.87. The lowest BCUT2D eigenvalue weighted by molar-refractivity contribution is 0.0340. The maximum absolute atomic E-state index is 12.8. The Morgan fingerprint density at radius 1 is 0.958 bits per heavy atom. The van der Waals surface area contributed by atoms with E-state index in [4.69, 9.17) is 18.9 Å². The molecule has 12 nitrogen and oxygen atoms in total. The van der Waals surface area contributed by atoms with E-state index in [2.05, 4.69) is 32.1 Å².